The first-order valence-corrected chi connectivity index (χ1v) is 10.6. The van der Waals surface area contributed by atoms with E-state index in [0.29, 0.717) is 17.8 Å². The second kappa shape index (κ2) is 9.34. The Kier molecular flexibility index (Phi) is 6.35. The number of carbonyl (C=O) groups is 1. The van der Waals surface area contributed by atoms with Crippen LogP contribution in [0.15, 0.2) is 29.2 Å². The highest BCUT2D eigenvalue weighted by molar-refractivity contribution is 5.96. The molecule has 0 atom stereocenters. The zero-order chi connectivity index (χ0) is 22.7. The summed E-state index contributed by atoms with van der Waals surface area (Å²) in [7, 11) is 0. The lowest BCUT2D eigenvalue weighted by Gasteiger charge is -2.26. The standard InChI is InChI=1S/C23H26N6O3/c1-3-8-28-19(24)17(22(30)25-7-5-9-27-11-13-32-14-12-27)15-18-21(28)26-20-16(2)6-4-10-29(20)23(18)31/h1,4,6,10,15,24H,5,7-9,11-14H2,2H3,(H,25,30). The number of nitrogens with one attached hydrogen (secondary N) is 2. The lowest BCUT2D eigenvalue weighted by atomic mass is 10.2. The summed E-state index contributed by atoms with van der Waals surface area (Å²) < 4.78 is 8.23. The molecule has 9 heteroatoms. The van der Waals surface area contributed by atoms with Gasteiger partial charge in [-0.15, -0.1) is 6.42 Å². The molecule has 166 valence electrons. The third-order valence-corrected chi connectivity index (χ3v) is 5.67. The predicted molar refractivity (Wildman–Crippen MR) is 121 cm³/mol. The quantitative estimate of drug-likeness (QED) is 0.334. The van der Waals surface area contributed by atoms with Gasteiger partial charge in [0.1, 0.15) is 16.8 Å². The molecule has 1 aliphatic rings. The van der Waals surface area contributed by atoms with E-state index in [4.69, 9.17) is 16.6 Å². The Balaban J connectivity index is 1.66. The lowest BCUT2D eigenvalue weighted by Crippen LogP contribution is -2.39. The van der Waals surface area contributed by atoms with Crippen LogP contribution in [0, 0.1) is 24.7 Å². The molecule has 1 amide bonds. The van der Waals surface area contributed by atoms with Crippen molar-refractivity contribution in [2.24, 2.45) is 0 Å². The van der Waals surface area contributed by atoms with Crippen LogP contribution in [0.3, 0.4) is 0 Å². The van der Waals surface area contributed by atoms with Gasteiger partial charge in [0.25, 0.3) is 11.5 Å². The van der Waals surface area contributed by atoms with Crippen molar-refractivity contribution in [3.05, 3.63) is 51.4 Å². The third kappa shape index (κ3) is 4.15. The zero-order valence-corrected chi connectivity index (χ0v) is 18.1. The van der Waals surface area contributed by atoms with E-state index in [0.717, 1.165) is 44.8 Å². The molecule has 0 radical (unpaired) electrons. The molecule has 0 saturated carbocycles. The summed E-state index contributed by atoms with van der Waals surface area (Å²) in [5.41, 5.74) is 1.36. The molecule has 9 nitrogen and oxygen atoms in total. The fourth-order valence-corrected chi connectivity index (χ4v) is 3.94. The highest BCUT2D eigenvalue weighted by Gasteiger charge is 2.18. The highest BCUT2D eigenvalue weighted by atomic mass is 16.5. The first-order valence-electron chi connectivity index (χ1n) is 10.6. The average molecular weight is 435 g/mol. The number of hydrogen-bond acceptors (Lipinski definition) is 6. The number of hydrogen-bond donors (Lipinski definition) is 2. The molecule has 1 saturated heterocycles. The van der Waals surface area contributed by atoms with E-state index >= 15 is 0 Å². The summed E-state index contributed by atoms with van der Waals surface area (Å²) in [6.45, 7) is 6.48. The molecule has 32 heavy (non-hydrogen) atoms. The van der Waals surface area contributed by atoms with Crippen LogP contribution in [0.1, 0.15) is 22.3 Å². The minimum absolute atomic E-state index is 0.0297. The maximum Gasteiger partial charge on any atom is 0.267 e. The number of ether oxygens (including phenoxy) is 1. The van der Waals surface area contributed by atoms with E-state index in [1.807, 2.05) is 13.0 Å². The van der Waals surface area contributed by atoms with Crippen molar-refractivity contribution >= 4 is 22.6 Å². The van der Waals surface area contributed by atoms with Crippen molar-refractivity contribution in [2.75, 3.05) is 39.4 Å². The van der Waals surface area contributed by atoms with Crippen molar-refractivity contribution in [3.8, 4) is 12.3 Å². The molecule has 1 aliphatic heterocycles. The molecule has 3 aromatic rings. The van der Waals surface area contributed by atoms with Crippen molar-refractivity contribution in [1.29, 1.82) is 5.41 Å². The fraction of sp³-hybridized carbons (Fsp3) is 0.391. The van der Waals surface area contributed by atoms with Crippen molar-refractivity contribution < 1.29 is 9.53 Å². The van der Waals surface area contributed by atoms with Gasteiger partial charge in [0, 0.05) is 25.8 Å². The second-order valence-electron chi connectivity index (χ2n) is 7.80. The van der Waals surface area contributed by atoms with Crippen LogP contribution in [0.4, 0.5) is 0 Å². The molecule has 0 bridgehead atoms. The second-order valence-corrected chi connectivity index (χ2v) is 7.80. The lowest BCUT2D eigenvalue weighted by molar-refractivity contribution is 0.0374. The summed E-state index contributed by atoms with van der Waals surface area (Å²) in [4.78, 5) is 33.0. The van der Waals surface area contributed by atoms with E-state index < -0.39 is 5.91 Å². The first-order chi connectivity index (χ1) is 15.5. The predicted octanol–water partition coefficient (Wildman–Crippen LogP) is 0.522. The van der Waals surface area contributed by atoms with Gasteiger partial charge in [-0.3, -0.25) is 28.9 Å². The van der Waals surface area contributed by atoms with E-state index in [2.05, 4.69) is 21.1 Å². The van der Waals surface area contributed by atoms with Crippen LogP contribution in [0.25, 0.3) is 16.7 Å². The van der Waals surface area contributed by atoms with Crippen LogP contribution in [-0.2, 0) is 11.3 Å². The molecular weight excluding hydrogens is 408 g/mol. The highest BCUT2D eigenvalue weighted by Crippen LogP contribution is 2.12. The third-order valence-electron chi connectivity index (χ3n) is 5.67. The van der Waals surface area contributed by atoms with Gasteiger partial charge >= 0.3 is 0 Å². The van der Waals surface area contributed by atoms with Gasteiger partial charge in [-0.1, -0.05) is 12.0 Å². The summed E-state index contributed by atoms with van der Waals surface area (Å²) in [5.74, 6) is 2.10. The fourth-order valence-electron chi connectivity index (χ4n) is 3.94. The Morgan fingerprint density at radius 3 is 2.88 bits per heavy atom. The van der Waals surface area contributed by atoms with Gasteiger partial charge in [0.05, 0.1) is 30.7 Å². The van der Waals surface area contributed by atoms with Crippen LogP contribution in [0.5, 0.6) is 0 Å². The average Bonchev–Trinajstić information content (AvgIpc) is 2.80. The number of fused-ring (bicyclic) bond motifs is 2. The first kappa shape index (κ1) is 21.7. The van der Waals surface area contributed by atoms with Gasteiger partial charge in [0.2, 0.25) is 0 Å². The van der Waals surface area contributed by atoms with Crippen LogP contribution in [0.2, 0.25) is 0 Å². The maximum absolute atomic E-state index is 13.2. The van der Waals surface area contributed by atoms with Gasteiger partial charge < -0.3 is 10.1 Å². The topological polar surface area (TPSA) is 105 Å². The van der Waals surface area contributed by atoms with Gasteiger partial charge in [0.15, 0.2) is 0 Å². The summed E-state index contributed by atoms with van der Waals surface area (Å²) in [6.07, 6.45) is 7.94. The zero-order valence-electron chi connectivity index (χ0n) is 18.1. The van der Waals surface area contributed by atoms with E-state index in [9.17, 15) is 9.59 Å². The molecule has 0 unspecified atom stereocenters. The largest absolute Gasteiger partial charge is 0.379 e. The molecule has 2 N–H and O–H groups in total. The summed E-state index contributed by atoms with van der Waals surface area (Å²) >= 11 is 0. The normalized spacial score (nSPS) is 14.5. The molecule has 0 aliphatic carbocycles. The van der Waals surface area contributed by atoms with Crippen molar-refractivity contribution in [1.82, 2.24) is 24.2 Å². The number of terminal acetylenes is 1. The summed E-state index contributed by atoms with van der Waals surface area (Å²) in [5, 5.41) is 11.7. The maximum atomic E-state index is 13.2. The number of morpholine rings is 1. The Hall–Kier alpha value is -3.48. The Morgan fingerprint density at radius 1 is 1.34 bits per heavy atom. The minimum atomic E-state index is -0.404. The molecule has 0 spiro atoms. The van der Waals surface area contributed by atoms with Crippen LogP contribution in [-0.4, -0.2) is 64.2 Å². The molecule has 0 aromatic carbocycles. The molecule has 4 heterocycles. The Labute approximate surface area is 185 Å². The molecule has 3 aromatic heterocycles. The van der Waals surface area contributed by atoms with E-state index in [-0.39, 0.29) is 28.5 Å². The molecular formula is C23H26N6O3. The number of aryl methyl sites for hydroxylation is 1. The van der Waals surface area contributed by atoms with Gasteiger partial charge in [-0.2, -0.15) is 0 Å². The van der Waals surface area contributed by atoms with Crippen LogP contribution >= 0.6 is 0 Å². The number of pyridine rings is 2. The minimum Gasteiger partial charge on any atom is -0.379 e. The number of nitrogens with zero attached hydrogens (tertiary/aromatic N) is 4. The van der Waals surface area contributed by atoms with Gasteiger partial charge in [-0.05, 0) is 37.6 Å². The van der Waals surface area contributed by atoms with Crippen LogP contribution < -0.4 is 16.4 Å². The monoisotopic (exact) mass is 434 g/mol. The SMILES string of the molecule is C#CCn1c(=N)c(C(=O)NCCCN2CCOCC2)cc2c(=O)n3cccc(C)c3nc21. The van der Waals surface area contributed by atoms with Crippen molar-refractivity contribution in [2.45, 2.75) is 19.9 Å². The van der Waals surface area contributed by atoms with Gasteiger partial charge in [-0.25, -0.2) is 4.98 Å². The van der Waals surface area contributed by atoms with E-state index in [1.54, 1.807) is 12.3 Å². The van der Waals surface area contributed by atoms with Crippen molar-refractivity contribution in [3.63, 3.8) is 0 Å². The number of rotatable bonds is 6. The van der Waals surface area contributed by atoms with E-state index in [1.165, 1.54) is 15.0 Å². The number of aromatic nitrogens is 3. The Morgan fingerprint density at radius 2 is 2.12 bits per heavy atom. The number of amides is 1. The molecule has 1 fully saturated rings. The smallest absolute Gasteiger partial charge is 0.267 e. The number of carbonyl (C=O) groups excluding carboxylic acids is 1. The summed E-state index contributed by atoms with van der Waals surface area (Å²) in [6, 6.07) is 5.08. The Bertz CT molecular complexity index is 1330. The molecule has 4 rings (SSSR count).